The molecule has 0 N–H and O–H groups in total. The summed E-state index contributed by atoms with van der Waals surface area (Å²) >= 11 is 8.66. The first-order valence-electron chi connectivity index (χ1n) is 4.06. The average Bonchev–Trinajstić information content (AvgIpc) is 2.16. The largest absolute Gasteiger partial charge is 0.292 e. The number of nitrogens with zero attached hydrogens (tertiary/aromatic N) is 1. The van der Waals surface area contributed by atoms with Crippen LogP contribution in [0, 0.1) is 10.1 Å². The highest BCUT2D eigenvalue weighted by Crippen LogP contribution is 2.29. The number of ketones is 1. The van der Waals surface area contributed by atoms with Crippen LogP contribution in [0.1, 0.15) is 17.3 Å². The minimum atomic E-state index is -0.705. The van der Waals surface area contributed by atoms with Crippen molar-refractivity contribution in [3.8, 4) is 0 Å². The van der Waals surface area contributed by atoms with Gasteiger partial charge in [0.1, 0.15) is 4.47 Å². The fourth-order valence-electron chi connectivity index (χ4n) is 1.07. The van der Waals surface area contributed by atoms with Gasteiger partial charge in [0.25, 0.3) is 5.69 Å². The monoisotopic (exact) mass is 291 g/mol. The zero-order chi connectivity index (χ0) is 11.6. The van der Waals surface area contributed by atoms with Gasteiger partial charge in [0.2, 0.25) is 0 Å². The Balaban J connectivity index is 3.27. The topological polar surface area (TPSA) is 60.2 Å². The highest BCUT2D eigenvalue weighted by Gasteiger charge is 2.21. The van der Waals surface area contributed by atoms with Crippen molar-refractivity contribution in [1.29, 1.82) is 0 Å². The molecule has 0 aromatic heterocycles. The van der Waals surface area contributed by atoms with Crippen molar-refractivity contribution in [1.82, 2.24) is 0 Å². The van der Waals surface area contributed by atoms with E-state index in [1.807, 2.05) is 0 Å². The van der Waals surface area contributed by atoms with E-state index < -0.39 is 10.3 Å². The predicted octanol–water partition coefficient (Wildman–Crippen LogP) is 3.17. The Morgan fingerprint density at radius 3 is 2.67 bits per heavy atom. The van der Waals surface area contributed by atoms with Crippen molar-refractivity contribution in [2.24, 2.45) is 0 Å². The summed E-state index contributed by atoms with van der Waals surface area (Å²) < 4.78 is 0.174. The van der Waals surface area contributed by atoms with Gasteiger partial charge >= 0.3 is 0 Å². The number of hydrogen-bond donors (Lipinski definition) is 0. The molecule has 4 nitrogen and oxygen atoms in total. The lowest BCUT2D eigenvalue weighted by atomic mass is 10.1. The Labute approximate surface area is 99.5 Å². The van der Waals surface area contributed by atoms with E-state index in [0.29, 0.717) is 0 Å². The van der Waals surface area contributed by atoms with Crippen LogP contribution in [0.3, 0.4) is 0 Å². The third kappa shape index (κ3) is 2.54. The number of nitro benzene ring substituents is 1. The van der Waals surface area contributed by atoms with E-state index in [4.69, 9.17) is 11.6 Å². The van der Waals surface area contributed by atoms with E-state index >= 15 is 0 Å². The molecule has 1 unspecified atom stereocenters. The number of hydrogen-bond acceptors (Lipinski definition) is 3. The first-order valence-corrected chi connectivity index (χ1v) is 5.29. The van der Waals surface area contributed by atoms with Crippen molar-refractivity contribution < 1.29 is 9.72 Å². The number of carbonyl (C=O) groups excluding carboxylic acids is 1. The number of halogens is 2. The Hall–Kier alpha value is -0.940. The van der Waals surface area contributed by atoms with Gasteiger partial charge in [0.05, 0.1) is 10.3 Å². The van der Waals surface area contributed by atoms with Gasteiger partial charge in [-0.1, -0.05) is 6.07 Å². The highest BCUT2D eigenvalue weighted by atomic mass is 79.9. The molecule has 15 heavy (non-hydrogen) atoms. The number of nitro groups is 1. The summed E-state index contributed by atoms with van der Waals surface area (Å²) in [4.78, 5) is 21.6. The summed E-state index contributed by atoms with van der Waals surface area (Å²) in [7, 11) is 0. The predicted molar refractivity (Wildman–Crippen MR) is 60.4 cm³/mol. The Morgan fingerprint density at radius 2 is 2.20 bits per heavy atom. The fraction of sp³-hybridized carbons (Fsp3) is 0.222. The number of benzene rings is 1. The van der Waals surface area contributed by atoms with Gasteiger partial charge in [-0.2, -0.15) is 0 Å². The molecule has 0 radical (unpaired) electrons. The molecule has 1 rings (SSSR count). The molecule has 0 bridgehead atoms. The average molecular weight is 293 g/mol. The lowest BCUT2D eigenvalue weighted by Gasteiger charge is -2.05. The molecule has 80 valence electrons. The molecule has 0 saturated carbocycles. The minimum absolute atomic E-state index is 0.141. The highest BCUT2D eigenvalue weighted by molar-refractivity contribution is 9.10. The minimum Gasteiger partial charge on any atom is -0.292 e. The number of rotatable bonds is 3. The number of alkyl halides is 1. The normalized spacial score (nSPS) is 12.2. The number of Topliss-reactive ketones (excluding diaryl/α,β-unsaturated/α-hetero) is 1. The quantitative estimate of drug-likeness (QED) is 0.372. The van der Waals surface area contributed by atoms with E-state index in [2.05, 4.69) is 15.9 Å². The Morgan fingerprint density at radius 1 is 1.60 bits per heavy atom. The molecule has 0 spiro atoms. The SMILES string of the molecule is CC(Cl)C(=O)c1cccc([N+](=O)[O-])c1Br. The summed E-state index contributed by atoms with van der Waals surface area (Å²) in [6.45, 7) is 1.52. The van der Waals surface area contributed by atoms with E-state index in [1.54, 1.807) is 0 Å². The summed E-state index contributed by atoms with van der Waals surface area (Å²) in [5.74, 6) is -0.341. The molecule has 0 amide bonds. The molecule has 0 aliphatic heterocycles. The van der Waals surface area contributed by atoms with Crippen molar-refractivity contribution in [3.63, 3.8) is 0 Å². The smallest absolute Gasteiger partial charge is 0.284 e. The fourth-order valence-corrected chi connectivity index (χ4v) is 1.79. The third-order valence-corrected chi connectivity index (χ3v) is 2.83. The van der Waals surface area contributed by atoms with Crippen LogP contribution < -0.4 is 0 Å². The maximum absolute atomic E-state index is 11.6. The summed E-state index contributed by atoms with van der Waals surface area (Å²) in [5.41, 5.74) is 0.0878. The summed E-state index contributed by atoms with van der Waals surface area (Å²) in [6.07, 6.45) is 0. The summed E-state index contributed by atoms with van der Waals surface area (Å²) in [5, 5.41) is 9.89. The molecule has 1 atom stereocenters. The van der Waals surface area contributed by atoms with Crippen LogP contribution in [-0.2, 0) is 0 Å². The van der Waals surface area contributed by atoms with E-state index in [1.165, 1.54) is 25.1 Å². The van der Waals surface area contributed by atoms with Crippen molar-refractivity contribution in [2.45, 2.75) is 12.3 Å². The van der Waals surface area contributed by atoms with Gasteiger partial charge in [-0.15, -0.1) is 11.6 Å². The zero-order valence-electron chi connectivity index (χ0n) is 7.74. The second-order valence-electron chi connectivity index (χ2n) is 2.88. The lowest BCUT2D eigenvalue weighted by molar-refractivity contribution is -0.385. The maximum atomic E-state index is 11.6. The van der Waals surface area contributed by atoms with Crippen LogP contribution >= 0.6 is 27.5 Å². The van der Waals surface area contributed by atoms with E-state index in [0.717, 1.165) is 0 Å². The first-order chi connectivity index (χ1) is 6.95. The van der Waals surface area contributed by atoms with Gasteiger partial charge < -0.3 is 0 Å². The zero-order valence-corrected chi connectivity index (χ0v) is 10.1. The molecule has 1 aromatic carbocycles. The van der Waals surface area contributed by atoms with Crippen LogP contribution in [0.15, 0.2) is 22.7 Å². The standard InChI is InChI=1S/C9H7BrClNO3/c1-5(11)9(13)6-3-2-4-7(8(6)10)12(14)15/h2-5H,1H3. The van der Waals surface area contributed by atoms with Crippen LogP contribution in [0.25, 0.3) is 0 Å². The van der Waals surface area contributed by atoms with Gasteiger partial charge in [0.15, 0.2) is 5.78 Å². The van der Waals surface area contributed by atoms with Gasteiger partial charge in [0, 0.05) is 11.6 Å². The molecule has 6 heteroatoms. The van der Waals surface area contributed by atoms with Gasteiger partial charge in [-0.05, 0) is 28.9 Å². The first kappa shape index (κ1) is 12.1. The van der Waals surface area contributed by atoms with Crippen molar-refractivity contribution in [2.75, 3.05) is 0 Å². The molecule has 0 saturated heterocycles. The molecular weight excluding hydrogens is 285 g/mol. The second-order valence-corrected chi connectivity index (χ2v) is 4.32. The molecule has 0 aliphatic carbocycles. The summed E-state index contributed by atoms with van der Waals surface area (Å²) in [6, 6.07) is 4.27. The second kappa shape index (κ2) is 4.72. The molecule has 1 aromatic rings. The maximum Gasteiger partial charge on any atom is 0.284 e. The van der Waals surface area contributed by atoms with E-state index in [9.17, 15) is 14.9 Å². The van der Waals surface area contributed by atoms with Crippen molar-refractivity contribution in [3.05, 3.63) is 38.3 Å². The van der Waals surface area contributed by atoms with Crippen molar-refractivity contribution >= 4 is 39.0 Å². The third-order valence-electron chi connectivity index (χ3n) is 1.80. The Bertz CT molecular complexity index is 420. The molecule has 0 aliphatic rings. The number of carbonyl (C=O) groups is 1. The molecule has 0 heterocycles. The van der Waals surface area contributed by atoms with Gasteiger partial charge in [-0.25, -0.2) is 0 Å². The van der Waals surface area contributed by atoms with Crippen LogP contribution in [0.5, 0.6) is 0 Å². The van der Waals surface area contributed by atoms with Crippen LogP contribution in [-0.4, -0.2) is 16.1 Å². The van der Waals surface area contributed by atoms with E-state index in [-0.39, 0.29) is 21.5 Å². The van der Waals surface area contributed by atoms with Gasteiger partial charge in [-0.3, -0.25) is 14.9 Å². The Kier molecular flexibility index (Phi) is 3.82. The molecule has 0 fully saturated rings. The lowest BCUT2D eigenvalue weighted by Crippen LogP contribution is -2.11. The van der Waals surface area contributed by atoms with Crippen LogP contribution in [0.2, 0.25) is 0 Å². The van der Waals surface area contributed by atoms with Crippen LogP contribution in [0.4, 0.5) is 5.69 Å². The molecular formula is C9H7BrClNO3.